The highest BCUT2D eigenvalue weighted by molar-refractivity contribution is 7.15. The van der Waals surface area contributed by atoms with Crippen LogP contribution in [0.25, 0.3) is 0 Å². The quantitative estimate of drug-likeness (QED) is 0.900. The fourth-order valence-corrected chi connectivity index (χ4v) is 2.95. The molecular weight excluding hydrogens is 306 g/mol. The first kappa shape index (κ1) is 15.9. The molecule has 0 bridgehead atoms. The van der Waals surface area contributed by atoms with Gasteiger partial charge in [0, 0.05) is 5.02 Å². The van der Waals surface area contributed by atoms with E-state index in [0.717, 1.165) is 17.0 Å². The molecular formula is C15H18ClN3OS. The molecule has 0 aliphatic carbocycles. The fraction of sp³-hybridized carbons (Fsp3) is 0.400. The summed E-state index contributed by atoms with van der Waals surface area (Å²) in [7, 11) is 0. The highest BCUT2D eigenvalue weighted by Gasteiger charge is 2.25. The van der Waals surface area contributed by atoms with Gasteiger partial charge in [-0.3, -0.25) is 10.1 Å². The zero-order valence-corrected chi connectivity index (χ0v) is 13.8. The van der Waals surface area contributed by atoms with Crippen molar-refractivity contribution < 1.29 is 4.79 Å². The third-order valence-corrected chi connectivity index (χ3v) is 4.41. The van der Waals surface area contributed by atoms with E-state index in [1.54, 1.807) is 12.1 Å². The molecule has 4 nitrogen and oxygen atoms in total. The van der Waals surface area contributed by atoms with Crippen LogP contribution in [-0.4, -0.2) is 16.1 Å². The Bertz CT molecular complexity index is 610. The second kappa shape index (κ2) is 7.00. The van der Waals surface area contributed by atoms with Crippen LogP contribution in [-0.2, 0) is 11.2 Å². The van der Waals surface area contributed by atoms with Gasteiger partial charge in [-0.15, -0.1) is 10.2 Å². The summed E-state index contributed by atoms with van der Waals surface area (Å²) in [4.78, 5) is 12.5. The molecule has 21 heavy (non-hydrogen) atoms. The van der Waals surface area contributed by atoms with E-state index < -0.39 is 0 Å². The van der Waals surface area contributed by atoms with Gasteiger partial charge in [0.05, 0.1) is 5.92 Å². The van der Waals surface area contributed by atoms with Crippen LogP contribution in [0.2, 0.25) is 5.02 Å². The molecule has 0 spiro atoms. The molecule has 1 atom stereocenters. The Balaban J connectivity index is 2.17. The number of halogens is 1. The van der Waals surface area contributed by atoms with Crippen LogP contribution in [0.5, 0.6) is 0 Å². The topological polar surface area (TPSA) is 54.9 Å². The molecule has 1 aromatic carbocycles. The number of benzene rings is 1. The van der Waals surface area contributed by atoms with E-state index in [-0.39, 0.29) is 17.7 Å². The largest absolute Gasteiger partial charge is 0.300 e. The van der Waals surface area contributed by atoms with Crippen molar-refractivity contribution in [2.45, 2.75) is 33.1 Å². The van der Waals surface area contributed by atoms with E-state index in [1.165, 1.54) is 11.3 Å². The van der Waals surface area contributed by atoms with E-state index in [4.69, 9.17) is 11.6 Å². The molecule has 0 aliphatic rings. The average molecular weight is 324 g/mol. The van der Waals surface area contributed by atoms with Crippen LogP contribution < -0.4 is 5.32 Å². The van der Waals surface area contributed by atoms with E-state index in [9.17, 15) is 4.79 Å². The Hall–Kier alpha value is -1.46. The van der Waals surface area contributed by atoms with Gasteiger partial charge in [-0.25, -0.2) is 0 Å². The molecule has 2 aromatic rings. The standard InChI is InChI=1S/C15H18ClN3OS/c1-4-12-18-19-15(21-12)17-14(20)13(9(2)3)10-5-7-11(16)8-6-10/h5-9,13H,4H2,1-3H3,(H,17,19,20). The highest BCUT2D eigenvalue weighted by Crippen LogP contribution is 2.28. The van der Waals surface area contributed by atoms with Crippen molar-refractivity contribution in [2.24, 2.45) is 5.92 Å². The van der Waals surface area contributed by atoms with E-state index in [1.807, 2.05) is 32.9 Å². The second-order valence-corrected chi connectivity index (χ2v) is 6.62. The first-order valence-corrected chi connectivity index (χ1v) is 8.09. The number of hydrogen-bond acceptors (Lipinski definition) is 4. The maximum absolute atomic E-state index is 12.5. The van der Waals surface area contributed by atoms with Gasteiger partial charge in [-0.05, 0) is 30.0 Å². The summed E-state index contributed by atoms with van der Waals surface area (Å²) < 4.78 is 0. The minimum Gasteiger partial charge on any atom is -0.300 e. The SMILES string of the molecule is CCc1nnc(NC(=O)C(c2ccc(Cl)cc2)C(C)C)s1. The summed E-state index contributed by atoms with van der Waals surface area (Å²) in [5, 5.41) is 13.0. The van der Waals surface area contributed by atoms with Crippen LogP contribution in [0, 0.1) is 5.92 Å². The molecule has 1 aromatic heterocycles. The van der Waals surface area contributed by atoms with Gasteiger partial charge < -0.3 is 0 Å². The average Bonchev–Trinajstić information content (AvgIpc) is 2.88. The Morgan fingerprint density at radius 3 is 2.48 bits per heavy atom. The van der Waals surface area contributed by atoms with Crippen LogP contribution in [0.4, 0.5) is 5.13 Å². The lowest BCUT2D eigenvalue weighted by Crippen LogP contribution is -2.25. The number of anilines is 1. The van der Waals surface area contributed by atoms with Crippen LogP contribution in [0.3, 0.4) is 0 Å². The summed E-state index contributed by atoms with van der Waals surface area (Å²) in [5.74, 6) is -0.132. The van der Waals surface area contributed by atoms with Crippen molar-refractivity contribution >= 4 is 34.0 Å². The smallest absolute Gasteiger partial charge is 0.234 e. The van der Waals surface area contributed by atoms with Gasteiger partial charge in [0.1, 0.15) is 5.01 Å². The predicted octanol–water partition coefficient (Wildman–Crippen LogP) is 4.13. The normalized spacial score (nSPS) is 12.4. The summed E-state index contributed by atoms with van der Waals surface area (Å²) in [6, 6.07) is 7.40. The van der Waals surface area contributed by atoms with Crippen molar-refractivity contribution in [3.8, 4) is 0 Å². The molecule has 0 aliphatic heterocycles. The molecule has 0 radical (unpaired) electrons. The lowest BCUT2D eigenvalue weighted by Gasteiger charge is -2.20. The van der Waals surface area contributed by atoms with Crippen molar-refractivity contribution in [2.75, 3.05) is 5.32 Å². The number of carbonyl (C=O) groups is 1. The van der Waals surface area contributed by atoms with Gasteiger partial charge >= 0.3 is 0 Å². The third kappa shape index (κ3) is 4.02. The zero-order valence-electron chi connectivity index (χ0n) is 12.3. The van der Waals surface area contributed by atoms with Crippen LogP contribution in [0.1, 0.15) is 37.3 Å². The number of rotatable bonds is 5. The van der Waals surface area contributed by atoms with Crippen molar-refractivity contribution in [3.63, 3.8) is 0 Å². The summed E-state index contributed by atoms with van der Waals surface area (Å²) in [5.41, 5.74) is 0.951. The number of nitrogens with zero attached hydrogens (tertiary/aromatic N) is 2. The summed E-state index contributed by atoms with van der Waals surface area (Å²) in [6.07, 6.45) is 0.818. The number of nitrogens with one attached hydrogen (secondary N) is 1. The van der Waals surface area contributed by atoms with Gasteiger partial charge in [-0.1, -0.05) is 55.8 Å². The monoisotopic (exact) mass is 323 g/mol. The van der Waals surface area contributed by atoms with Crippen molar-refractivity contribution in [1.29, 1.82) is 0 Å². The number of carbonyl (C=O) groups excluding carboxylic acids is 1. The fourth-order valence-electron chi connectivity index (χ4n) is 2.14. The minimum absolute atomic E-state index is 0.0638. The molecule has 1 amide bonds. The van der Waals surface area contributed by atoms with Gasteiger partial charge in [0.15, 0.2) is 0 Å². The number of hydrogen-bond donors (Lipinski definition) is 1. The Morgan fingerprint density at radius 2 is 1.95 bits per heavy atom. The maximum atomic E-state index is 12.5. The first-order valence-electron chi connectivity index (χ1n) is 6.90. The molecule has 0 fully saturated rings. The molecule has 112 valence electrons. The molecule has 1 unspecified atom stereocenters. The number of aromatic nitrogens is 2. The van der Waals surface area contributed by atoms with Crippen LogP contribution in [0.15, 0.2) is 24.3 Å². The first-order chi connectivity index (χ1) is 10.0. The molecule has 0 saturated carbocycles. The molecule has 1 heterocycles. The predicted molar refractivity (Wildman–Crippen MR) is 86.9 cm³/mol. The maximum Gasteiger partial charge on any atom is 0.234 e. The second-order valence-electron chi connectivity index (χ2n) is 5.12. The van der Waals surface area contributed by atoms with E-state index >= 15 is 0 Å². The van der Waals surface area contributed by atoms with Crippen molar-refractivity contribution in [3.05, 3.63) is 39.9 Å². The van der Waals surface area contributed by atoms with Gasteiger partial charge in [0.2, 0.25) is 11.0 Å². The molecule has 1 N–H and O–H groups in total. The van der Waals surface area contributed by atoms with E-state index in [2.05, 4.69) is 15.5 Å². The van der Waals surface area contributed by atoms with Crippen LogP contribution >= 0.6 is 22.9 Å². The lowest BCUT2D eigenvalue weighted by atomic mass is 9.88. The van der Waals surface area contributed by atoms with Gasteiger partial charge in [-0.2, -0.15) is 0 Å². The molecule has 2 rings (SSSR count). The molecule has 6 heteroatoms. The number of aryl methyl sites for hydroxylation is 1. The lowest BCUT2D eigenvalue weighted by molar-refractivity contribution is -0.118. The summed E-state index contributed by atoms with van der Waals surface area (Å²) >= 11 is 7.32. The third-order valence-electron chi connectivity index (χ3n) is 3.18. The zero-order chi connectivity index (χ0) is 15.4. The van der Waals surface area contributed by atoms with Crippen molar-refractivity contribution in [1.82, 2.24) is 10.2 Å². The summed E-state index contributed by atoms with van der Waals surface area (Å²) in [6.45, 7) is 6.06. The number of amides is 1. The highest BCUT2D eigenvalue weighted by atomic mass is 35.5. The Morgan fingerprint density at radius 1 is 1.29 bits per heavy atom. The molecule has 0 saturated heterocycles. The Kier molecular flexibility index (Phi) is 5.31. The minimum atomic E-state index is -0.240. The Labute approximate surface area is 133 Å². The van der Waals surface area contributed by atoms with E-state index in [0.29, 0.717) is 10.2 Å². The van der Waals surface area contributed by atoms with Gasteiger partial charge in [0.25, 0.3) is 0 Å².